The number of nitrogens with zero attached hydrogens (tertiary/aromatic N) is 1. The summed E-state index contributed by atoms with van der Waals surface area (Å²) in [7, 11) is -3.61. The van der Waals surface area contributed by atoms with Crippen LogP contribution in [0.4, 0.5) is 0 Å². The van der Waals surface area contributed by atoms with E-state index >= 15 is 0 Å². The summed E-state index contributed by atoms with van der Waals surface area (Å²) in [4.78, 5) is 0.109. The lowest BCUT2D eigenvalue weighted by molar-refractivity contribution is 0.250. The van der Waals surface area contributed by atoms with Gasteiger partial charge in [-0.3, -0.25) is 0 Å². The smallest absolute Gasteiger partial charge is 0.243 e. The quantitative estimate of drug-likeness (QED) is 0.906. The van der Waals surface area contributed by atoms with Gasteiger partial charge in [0.1, 0.15) is 0 Å². The van der Waals surface area contributed by atoms with Crippen LogP contribution in [0.2, 0.25) is 10.0 Å². The van der Waals surface area contributed by atoms with Gasteiger partial charge in [0.25, 0.3) is 0 Å². The van der Waals surface area contributed by atoms with E-state index in [1.54, 1.807) is 0 Å². The summed E-state index contributed by atoms with van der Waals surface area (Å²) < 4.78 is 26.1. The third kappa shape index (κ3) is 2.81. The second-order valence-corrected chi connectivity index (χ2v) is 6.85. The number of benzene rings is 1. The molecule has 0 amide bonds. The fourth-order valence-corrected chi connectivity index (χ4v) is 3.80. The summed E-state index contributed by atoms with van der Waals surface area (Å²) >= 11 is 11.6. The number of halogens is 2. The van der Waals surface area contributed by atoms with Crippen molar-refractivity contribution in [1.29, 1.82) is 0 Å². The average molecular weight is 310 g/mol. The van der Waals surface area contributed by atoms with E-state index in [9.17, 15) is 8.42 Å². The molecule has 100 valence electrons. The second-order valence-electron chi connectivity index (χ2n) is 4.15. The Hall–Kier alpha value is -0.330. The third-order valence-electron chi connectivity index (χ3n) is 2.77. The van der Waals surface area contributed by atoms with Gasteiger partial charge in [-0.15, -0.1) is 0 Å². The van der Waals surface area contributed by atoms with Gasteiger partial charge in [0, 0.05) is 12.6 Å². The molecule has 2 rings (SSSR count). The normalized spacial score (nSPS) is 16.2. The number of sulfonamides is 1. The van der Waals surface area contributed by atoms with Crippen LogP contribution in [-0.2, 0) is 10.0 Å². The van der Waals surface area contributed by atoms with Crippen LogP contribution in [0.15, 0.2) is 23.1 Å². The summed E-state index contributed by atoms with van der Waals surface area (Å²) in [5.41, 5.74) is 0. The van der Waals surface area contributed by atoms with Gasteiger partial charge in [-0.25, -0.2) is 8.42 Å². The van der Waals surface area contributed by atoms with Gasteiger partial charge in [0.05, 0.1) is 21.5 Å². The summed E-state index contributed by atoms with van der Waals surface area (Å²) in [6.07, 6.45) is 1.67. The number of hydrogen-bond donors (Lipinski definition) is 1. The first-order chi connectivity index (χ1) is 8.46. The van der Waals surface area contributed by atoms with Crippen molar-refractivity contribution in [3.05, 3.63) is 28.2 Å². The molecular weight excluding hydrogens is 297 g/mol. The molecule has 7 heteroatoms. The maximum Gasteiger partial charge on any atom is 0.243 e. The molecule has 1 aliphatic carbocycles. The first kappa shape index (κ1) is 14.1. The molecule has 0 aliphatic heterocycles. The van der Waals surface area contributed by atoms with Gasteiger partial charge in [0.15, 0.2) is 0 Å². The Balaban J connectivity index is 2.36. The zero-order chi connectivity index (χ0) is 13.3. The number of aliphatic hydroxyl groups excluding tert-OH is 1. The van der Waals surface area contributed by atoms with E-state index in [1.807, 2.05) is 0 Å². The summed E-state index contributed by atoms with van der Waals surface area (Å²) in [6, 6.07) is 4.22. The fourth-order valence-electron chi connectivity index (χ4n) is 1.73. The Morgan fingerprint density at radius 3 is 2.44 bits per heavy atom. The Morgan fingerprint density at radius 2 is 1.94 bits per heavy atom. The minimum Gasteiger partial charge on any atom is -0.395 e. The molecule has 1 aromatic rings. The predicted molar refractivity (Wildman–Crippen MR) is 70.5 cm³/mol. The van der Waals surface area contributed by atoms with Crippen LogP contribution in [0, 0.1) is 0 Å². The molecule has 0 unspecified atom stereocenters. The van der Waals surface area contributed by atoms with Crippen LogP contribution in [0.5, 0.6) is 0 Å². The Labute approximate surface area is 116 Å². The van der Waals surface area contributed by atoms with Crippen LogP contribution >= 0.6 is 23.2 Å². The Kier molecular flexibility index (Phi) is 4.18. The molecule has 0 bridgehead atoms. The van der Waals surface area contributed by atoms with Crippen molar-refractivity contribution < 1.29 is 13.5 Å². The van der Waals surface area contributed by atoms with Gasteiger partial charge < -0.3 is 5.11 Å². The van der Waals surface area contributed by atoms with Crippen molar-refractivity contribution in [2.24, 2.45) is 0 Å². The highest BCUT2D eigenvalue weighted by Gasteiger charge is 2.37. The van der Waals surface area contributed by atoms with E-state index in [-0.39, 0.29) is 29.1 Å². The average Bonchev–Trinajstić information content (AvgIpc) is 3.13. The molecule has 0 radical (unpaired) electrons. The lowest BCUT2D eigenvalue weighted by Gasteiger charge is -2.21. The van der Waals surface area contributed by atoms with Gasteiger partial charge in [-0.05, 0) is 31.0 Å². The van der Waals surface area contributed by atoms with Crippen molar-refractivity contribution in [1.82, 2.24) is 4.31 Å². The highest BCUT2D eigenvalue weighted by Crippen LogP contribution is 2.33. The van der Waals surface area contributed by atoms with Crippen LogP contribution in [0.1, 0.15) is 12.8 Å². The zero-order valence-electron chi connectivity index (χ0n) is 9.51. The predicted octanol–water partition coefficient (Wildman–Crippen LogP) is 2.14. The van der Waals surface area contributed by atoms with Gasteiger partial charge in [-0.1, -0.05) is 23.2 Å². The lowest BCUT2D eigenvalue weighted by Crippen LogP contribution is -2.35. The molecule has 18 heavy (non-hydrogen) atoms. The highest BCUT2D eigenvalue weighted by molar-refractivity contribution is 7.89. The van der Waals surface area contributed by atoms with Crippen LogP contribution in [0.25, 0.3) is 0 Å². The minimum atomic E-state index is -3.61. The first-order valence-corrected chi connectivity index (χ1v) is 7.74. The third-order valence-corrected chi connectivity index (χ3v) is 5.46. The topological polar surface area (TPSA) is 57.6 Å². The van der Waals surface area contributed by atoms with Gasteiger partial charge >= 0.3 is 0 Å². The standard InChI is InChI=1S/C11H13Cl2NO3S/c12-10-4-3-9(7-11(10)13)18(16,17)14(5-6-15)8-1-2-8/h3-4,7-8,15H,1-2,5-6H2. The van der Waals surface area contributed by atoms with E-state index in [0.717, 1.165) is 12.8 Å². The molecule has 0 atom stereocenters. The van der Waals surface area contributed by atoms with Crippen molar-refractivity contribution in [3.8, 4) is 0 Å². The van der Waals surface area contributed by atoms with Crippen molar-refractivity contribution in [2.45, 2.75) is 23.8 Å². The highest BCUT2D eigenvalue weighted by atomic mass is 35.5. The Bertz CT molecular complexity index is 543. The molecule has 0 spiro atoms. The molecule has 1 N–H and O–H groups in total. The van der Waals surface area contributed by atoms with E-state index < -0.39 is 10.0 Å². The van der Waals surface area contributed by atoms with Crippen LogP contribution < -0.4 is 0 Å². The van der Waals surface area contributed by atoms with E-state index in [2.05, 4.69) is 0 Å². The molecular formula is C11H13Cl2NO3S. The van der Waals surface area contributed by atoms with Gasteiger partial charge in [0.2, 0.25) is 10.0 Å². The number of aliphatic hydroxyl groups is 1. The Morgan fingerprint density at radius 1 is 1.28 bits per heavy atom. The maximum atomic E-state index is 12.4. The first-order valence-electron chi connectivity index (χ1n) is 5.54. The number of hydrogen-bond acceptors (Lipinski definition) is 3. The minimum absolute atomic E-state index is 0.00314. The SMILES string of the molecule is O=S(=O)(c1ccc(Cl)c(Cl)c1)N(CCO)C1CC1. The molecule has 4 nitrogen and oxygen atoms in total. The van der Waals surface area contributed by atoms with Crippen molar-refractivity contribution in [2.75, 3.05) is 13.2 Å². The monoisotopic (exact) mass is 309 g/mol. The summed E-state index contributed by atoms with van der Waals surface area (Å²) in [5.74, 6) is 0. The molecule has 0 heterocycles. The maximum absolute atomic E-state index is 12.4. The van der Waals surface area contributed by atoms with Crippen molar-refractivity contribution in [3.63, 3.8) is 0 Å². The zero-order valence-corrected chi connectivity index (χ0v) is 11.8. The number of rotatable bonds is 5. The fraction of sp³-hybridized carbons (Fsp3) is 0.455. The van der Waals surface area contributed by atoms with Crippen molar-refractivity contribution >= 4 is 33.2 Å². The summed E-state index contributed by atoms with van der Waals surface area (Å²) in [6.45, 7) is -0.0930. The van der Waals surface area contributed by atoms with Crippen LogP contribution in [-0.4, -0.2) is 37.0 Å². The lowest BCUT2D eigenvalue weighted by atomic mass is 10.4. The molecule has 0 aromatic heterocycles. The van der Waals surface area contributed by atoms with Crippen LogP contribution in [0.3, 0.4) is 0 Å². The molecule has 0 saturated heterocycles. The van der Waals surface area contributed by atoms with E-state index in [1.165, 1.54) is 22.5 Å². The molecule has 1 aliphatic rings. The van der Waals surface area contributed by atoms with E-state index in [0.29, 0.717) is 5.02 Å². The molecule has 1 aromatic carbocycles. The van der Waals surface area contributed by atoms with E-state index in [4.69, 9.17) is 28.3 Å². The molecule has 1 saturated carbocycles. The van der Waals surface area contributed by atoms with Gasteiger partial charge in [-0.2, -0.15) is 4.31 Å². The molecule has 1 fully saturated rings. The largest absolute Gasteiger partial charge is 0.395 e. The second kappa shape index (κ2) is 5.35. The summed E-state index contributed by atoms with van der Waals surface area (Å²) in [5, 5.41) is 9.49.